The molecule has 3 aromatic heterocycles. The van der Waals surface area contributed by atoms with Gasteiger partial charge in [-0.15, -0.1) is 11.3 Å². The van der Waals surface area contributed by atoms with E-state index in [1.165, 1.54) is 9.75 Å². The zero-order valence-corrected chi connectivity index (χ0v) is 11.1. The number of hydrogen-bond acceptors (Lipinski definition) is 4. The van der Waals surface area contributed by atoms with Crippen molar-refractivity contribution >= 4 is 22.7 Å². The Morgan fingerprint density at radius 2 is 2.17 bits per heavy atom. The van der Waals surface area contributed by atoms with Gasteiger partial charge in [0.2, 0.25) is 0 Å². The summed E-state index contributed by atoms with van der Waals surface area (Å²) >= 11 is 1.81. The van der Waals surface area contributed by atoms with E-state index in [-0.39, 0.29) is 6.04 Å². The first-order valence-electron chi connectivity index (χ1n) is 5.85. The van der Waals surface area contributed by atoms with E-state index in [1.807, 2.05) is 28.1 Å². The van der Waals surface area contributed by atoms with E-state index in [2.05, 4.69) is 41.4 Å². The van der Waals surface area contributed by atoms with Crippen LogP contribution in [0, 0.1) is 6.92 Å². The van der Waals surface area contributed by atoms with E-state index in [0.29, 0.717) is 0 Å². The lowest BCUT2D eigenvalue weighted by Crippen LogP contribution is -2.07. The van der Waals surface area contributed by atoms with Gasteiger partial charge in [-0.1, -0.05) is 0 Å². The number of hydrogen-bond donors (Lipinski definition) is 1. The summed E-state index contributed by atoms with van der Waals surface area (Å²) in [5.74, 6) is 0.869. The number of anilines is 1. The molecule has 1 unspecified atom stereocenters. The minimum Gasteiger partial charge on any atom is -0.361 e. The highest BCUT2D eigenvalue weighted by molar-refractivity contribution is 7.12. The molecule has 18 heavy (non-hydrogen) atoms. The molecule has 3 aromatic rings. The molecule has 1 N–H and O–H groups in total. The second-order valence-electron chi connectivity index (χ2n) is 4.25. The molecule has 0 aliphatic carbocycles. The molecule has 0 saturated carbocycles. The van der Waals surface area contributed by atoms with Gasteiger partial charge in [0.25, 0.3) is 0 Å². The minimum absolute atomic E-state index is 0.248. The molecule has 5 heteroatoms. The molecular weight excluding hydrogens is 244 g/mol. The predicted octanol–water partition coefficient (Wildman–Crippen LogP) is 3.27. The molecule has 1 atom stereocenters. The van der Waals surface area contributed by atoms with E-state index in [9.17, 15) is 0 Å². The van der Waals surface area contributed by atoms with Crippen molar-refractivity contribution in [3.63, 3.8) is 0 Å². The van der Waals surface area contributed by atoms with Crippen molar-refractivity contribution < 1.29 is 0 Å². The Morgan fingerprint density at radius 3 is 2.94 bits per heavy atom. The van der Waals surface area contributed by atoms with E-state index >= 15 is 0 Å². The molecule has 0 aliphatic heterocycles. The third kappa shape index (κ3) is 1.97. The zero-order chi connectivity index (χ0) is 12.5. The summed E-state index contributed by atoms with van der Waals surface area (Å²) < 4.78 is 1.82. The van der Waals surface area contributed by atoms with Crippen molar-refractivity contribution in [2.24, 2.45) is 0 Å². The first-order valence-corrected chi connectivity index (χ1v) is 6.67. The highest BCUT2D eigenvalue weighted by Gasteiger charge is 2.10. The van der Waals surface area contributed by atoms with Gasteiger partial charge in [0.05, 0.1) is 12.2 Å². The Morgan fingerprint density at radius 1 is 1.28 bits per heavy atom. The molecule has 0 fully saturated rings. The summed E-state index contributed by atoms with van der Waals surface area (Å²) in [5.41, 5.74) is 0.998. The van der Waals surface area contributed by atoms with Crippen LogP contribution in [0.1, 0.15) is 22.7 Å². The lowest BCUT2D eigenvalue weighted by molar-refractivity contribution is 0.884. The smallest absolute Gasteiger partial charge is 0.152 e. The summed E-state index contributed by atoms with van der Waals surface area (Å²) in [6.45, 7) is 4.27. The van der Waals surface area contributed by atoms with Crippen LogP contribution >= 0.6 is 11.3 Å². The summed E-state index contributed by atoms with van der Waals surface area (Å²) in [5, 5.41) is 7.64. The summed E-state index contributed by atoms with van der Waals surface area (Å²) in [6.07, 6.45) is 5.39. The molecule has 92 valence electrons. The summed E-state index contributed by atoms with van der Waals surface area (Å²) in [6, 6.07) is 6.51. The average molecular weight is 258 g/mol. The van der Waals surface area contributed by atoms with Crippen LogP contribution in [0.3, 0.4) is 0 Å². The molecule has 0 radical (unpaired) electrons. The van der Waals surface area contributed by atoms with Crippen LogP contribution in [0.2, 0.25) is 0 Å². The maximum Gasteiger partial charge on any atom is 0.152 e. The van der Waals surface area contributed by atoms with Crippen LogP contribution in [-0.4, -0.2) is 14.6 Å². The zero-order valence-electron chi connectivity index (χ0n) is 10.3. The van der Waals surface area contributed by atoms with Crippen molar-refractivity contribution in [1.82, 2.24) is 14.6 Å². The molecule has 0 amide bonds. The SMILES string of the molecule is Cc1ccc(C(C)Nc2nccn3nccc23)s1. The van der Waals surface area contributed by atoms with Crippen LogP contribution in [0.25, 0.3) is 5.52 Å². The van der Waals surface area contributed by atoms with Crippen LogP contribution in [0.15, 0.2) is 36.8 Å². The second-order valence-corrected chi connectivity index (χ2v) is 5.57. The van der Waals surface area contributed by atoms with Crippen molar-refractivity contribution in [2.75, 3.05) is 5.32 Å². The topological polar surface area (TPSA) is 42.2 Å². The Hall–Kier alpha value is -1.88. The predicted molar refractivity (Wildman–Crippen MR) is 74.1 cm³/mol. The number of nitrogens with zero attached hydrogens (tertiary/aromatic N) is 3. The third-order valence-corrected chi connectivity index (χ3v) is 4.05. The molecule has 0 saturated heterocycles. The number of fused-ring (bicyclic) bond motifs is 1. The first kappa shape index (κ1) is 11.2. The van der Waals surface area contributed by atoms with Gasteiger partial charge in [-0.05, 0) is 32.0 Å². The van der Waals surface area contributed by atoms with Crippen LogP contribution in [0.4, 0.5) is 5.82 Å². The Bertz CT molecular complexity index is 670. The second kappa shape index (κ2) is 4.42. The van der Waals surface area contributed by atoms with Crippen LogP contribution < -0.4 is 5.32 Å². The summed E-state index contributed by atoms with van der Waals surface area (Å²) in [7, 11) is 0. The lowest BCUT2D eigenvalue weighted by atomic mass is 10.2. The van der Waals surface area contributed by atoms with E-state index < -0.39 is 0 Å². The van der Waals surface area contributed by atoms with Crippen molar-refractivity contribution in [3.05, 3.63) is 46.5 Å². The van der Waals surface area contributed by atoms with Gasteiger partial charge in [-0.3, -0.25) is 0 Å². The molecule has 0 aromatic carbocycles. The first-order chi connectivity index (χ1) is 8.74. The molecule has 0 spiro atoms. The maximum atomic E-state index is 4.38. The molecule has 4 nitrogen and oxygen atoms in total. The number of rotatable bonds is 3. The Labute approximate surface area is 109 Å². The number of thiophene rings is 1. The van der Waals surface area contributed by atoms with Crippen LogP contribution in [0.5, 0.6) is 0 Å². The van der Waals surface area contributed by atoms with Gasteiger partial charge < -0.3 is 5.32 Å². The molecule has 0 bridgehead atoms. The van der Waals surface area contributed by atoms with E-state index in [4.69, 9.17) is 0 Å². The Kier molecular flexibility index (Phi) is 2.76. The third-order valence-electron chi connectivity index (χ3n) is 2.87. The Balaban J connectivity index is 1.90. The van der Waals surface area contributed by atoms with Gasteiger partial charge in [-0.25, -0.2) is 9.50 Å². The highest BCUT2D eigenvalue weighted by Crippen LogP contribution is 2.26. The standard InChI is InChI=1S/C13H14N4S/c1-9-3-4-12(18-9)10(2)16-13-11-5-6-15-17(11)8-7-14-13/h3-8,10H,1-2H3,(H,14,16). The maximum absolute atomic E-state index is 4.38. The van der Waals surface area contributed by atoms with Gasteiger partial charge in [0.1, 0.15) is 5.52 Å². The van der Waals surface area contributed by atoms with Crippen molar-refractivity contribution in [1.29, 1.82) is 0 Å². The number of nitrogens with one attached hydrogen (secondary N) is 1. The molecular formula is C13H14N4S. The summed E-state index contributed by atoms with van der Waals surface area (Å²) in [4.78, 5) is 7.03. The largest absolute Gasteiger partial charge is 0.361 e. The fourth-order valence-electron chi connectivity index (χ4n) is 1.93. The monoisotopic (exact) mass is 258 g/mol. The van der Waals surface area contributed by atoms with Crippen LogP contribution in [-0.2, 0) is 0 Å². The minimum atomic E-state index is 0.248. The van der Waals surface area contributed by atoms with E-state index in [1.54, 1.807) is 12.4 Å². The average Bonchev–Trinajstić information content (AvgIpc) is 2.97. The molecule has 3 heterocycles. The molecule has 0 aliphatic rings. The lowest BCUT2D eigenvalue weighted by Gasteiger charge is -2.13. The normalized spacial score (nSPS) is 12.8. The number of aryl methyl sites for hydroxylation is 1. The van der Waals surface area contributed by atoms with E-state index in [0.717, 1.165) is 11.3 Å². The van der Waals surface area contributed by atoms with Crippen molar-refractivity contribution in [3.8, 4) is 0 Å². The highest BCUT2D eigenvalue weighted by atomic mass is 32.1. The van der Waals surface area contributed by atoms with Crippen molar-refractivity contribution in [2.45, 2.75) is 19.9 Å². The van der Waals surface area contributed by atoms with Gasteiger partial charge >= 0.3 is 0 Å². The number of aromatic nitrogens is 3. The molecule has 3 rings (SSSR count). The van der Waals surface area contributed by atoms with Gasteiger partial charge in [0, 0.05) is 22.1 Å². The fourth-order valence-corrected chi connectivity index (χ4v) is 2.81. The van der Waals surface area contributed by atoms with Gasteiger partial charge in [-0.2, -0.15) is 5.10 Å². The quantitative estimate of drug-likeness (QED) is 0.784. The van der Waals surface area contributed by atoms with Gasteiger partial charge in [0.15, 0.2) is 5.82 Å². The fraction of sp³-hybridized carbons (Fsp3) is 0.231.